The van der Waals surface area contributed by atoms with Crippen LogP contribution in [0.5, 0.6) is 0 Å². The van der Waals surface area contributed by atoms with E-state index in [4.69, 9.17) is 16.3 Å². The summed E-state index contributed by atoms with van der Waals surface area (Å²) < 4.78 is 5.11. The zero-order chi connectivity index (χ0) is 14.1. The first-order chi connectivity index (χ1) is 9.21. The van der Waals surface area contributed by atoms with Crippen LogP contribution in [0, 0.1) is 0 Å². The van der Waals surface area contributed by atoms with E-state index in [-0.39, 0.29) is 0 Å². The van der Waals surface area contributed by atoms with Gasteiger partial charge in [0.1, 0.15) is 5.82 Å². The molecule has 108 valence electrons. The molecule has 0 saturated heterocycles. The summed E-state index contributed by atoms with van der Waals surface area (Å²) in [5.41, 5.74) is 0.917. The zero-order valence-electron chi connectivity index (χ0n) is 12.1. The van der Waals surface area contributed by atoms with Crippen LogP contribution >= 0.6 is 11.6 Å². The van der Waals surface area contributed by atoms with Crippen LogP contribution in [0.25, 0.3) is 0 Å². The summed E-state index contributed by atoms with van der Waals surface area (Å²) in [7, 11) is 1.72. The molecule has 1 heterocycles. The Morgan fingerprint density at radius 3 is 2.79 bits per heavy atom. The van der Waals surface area contributed by atoms with Gasteiger partial charge in [-0.2, -0.15) is 0 Å². The number of hydrogen-bond donors (Lipinski definition) is 1. The number of ether oxygens (including phenoxy) is 1. The number of nitrogens with one attached hydrogen (secondary N) is 1. The summed E-state index contributed by atoms with van der Waals surface area (Å²) in [6.45, 7) is 8.50. The molecule has 5 heteroatoms. The molecule has 0 spiro atoms. The lowest BCUT2D eigenvalue weighted by Crippen LogP contribution is -2.27. The average molecular weight is 286 g/mol. The van der Waals surface area contributed by atoms with Crippen molar-refractivity contribution in [2.75, 3.05) is 38.7 Å². The summed E-state index contributed by atoms with van der Waals surface area (Å²) in [6, 6.07) is 3.83. The number of aromatic nitrogens is 1. The van der Waals surface area contributed by atoms with Crippen LogP contribution in [0.4, 0.5) is 5.82 Å². The molecule has 0 atom stereocenters. The van der Waals surface area contributed by atoms with Gasteiger partial charge in [0, 0.05) is 26.7 Å². The lowest BCUT2D eigenvalue weighted by Gasteiger charge is -2.20. The van der Waals surface area contributed by atoms with Gasteiger partial charge < -0.3 is 10.1 Å². The lowest BCUT2D eigenvalue weighted by atomic mass is 10.3. The van der Waals surface area contributed by atoms with Gasteiger partial charge in [-0.3, -0.25) is 4.90 Å². The summed E-state index contributed by atoms with van der Waals surface area (Å²) in [4.78, 5) is 6.85. The molecule has 1 aromatic rings. The van der Waals surface area contributed by atoms with Crippen molar-refractivity contribution in [3.8, 4) is 0 Å². The molecular weight excluding hydrogens is 262 g/mol. The topological polar surface area (TPSA) is 37.4 Å². The highest BCUT2D eigenvalue weighted by atomic mass is 35.5. The van der Waals surface area contributed by atoms with E-state index in [0.29, 0.717) is 0 Å². The SMILES string of the molecule is CCCNc1ccc(Cl)c(CN(CC)CCOC)n1. The summed E-state index contributed by atoms with van der Waals surface area (Å²) in [5, 5.41) is 4.00. The number of anilines is 1. The number of hydrogen-bond acceptors (Lipinski definition) is 4. The van der Waals surface area contributed by atoms with Crippen LogP contribution in [0.1, 0.15) is 26.0 Å². The molecule has 0 aliphatic rings. The van der Waals surface area contributed by atoms with Gasteiger partial charge in [0.25, 0.3) is 0 Å². The number of pyridine rings is 1. The predicted octanol–water partition coefficient (Wildman–Crippen LogP) is 3.03. The third-order valence-corrected chi connectivity index (χ3v) is 3.25. The molecule has 0 bridgehead atoms. The minimum absolute atomic E-state index is 0.720. The second kappa shape index (κ2) is 9.13. The van der Waals surface area contributed by atoms with Crippen LogP contribution in [-0.2, 0) is 11.3 Å². The second-order valence-corrected chi connectivity index (χ2v) is 4.82. The third kappa shape index (κ3) is 5.76. The summed E-state index contributed by atoms with van der Waals surface area (Å²) in [5.74, 6) is 0.893. The molecule has 0 saturated carbocycles. The van der Waals surface area contributed by atoms with Gasteiger partial charge in [-0.25, -0.2) is 4.98 Å². The van der Waals surface area contributed by atoms with Crippen LogP contribution in [0.3, 0.4) is 0 Å². The monoisotopic (exact) mass is 285 g/mol. The largest absolute Gasteiger partial charge is 0.383 e. The van der Waals surface area contributed by atoms with E-state index in [9.17, 15) is 0 Å². The van der Waals surface area contributed by atoms with E-state index in [0.717, 1.165) is 55.7 Å². The van der Waals surface area contributed by atoms with Crippen LogP contribution < -0.4 is 5.32 Å². The Bertz CT molecular complexity index is 374. The van der Waals surface area contributed by atoms with Crippen molar-refractivity contribution < 1.29 is 4.74 Å². The first kappa shape index (κ1) is 16.2. The van der Waals surface area contributed by atoms with E-state index >= 15 is 0 Å². The Kier molecular flexibility index (Phi) is 7.79. The number of likely N-dealkylation sites (N-methyl/N-ethyl adjacent to an activating group) is 1. The Balaban J connectivity index is 2.68. The quantitative estimate of drug-likeness (QED) is 0.757. The van der Waals surface area contributed by atoms with Crippen molar-refractivity contribution in [1.29, 1.82) is 0 Å². The second-order valence-electron chi connectivity index (χ2n) is 4.41. The molecule has 4 nitrogen and oxygen atoms in total. The predicted molar refractivity (Wildman–Crippen MR) is 80.9 cm³/mol. The summed E-state index contributed by atoms with van der Waals surface area (Å²) >= 11 is 6.22. The number of methoxy groups -OCH3 is 1. The molecule has 0 aliphatic carbocycles. The van der Waals surface area contributed by atoms with E-state index in [1.165, 1.54) is 0 Å². The van der Waals surface area contributed by atoms with Gasteiger partial charge >= 0.3 is 0 Å². The van der Waals surface area contributed by atoms with Crippen molar-refractivity contribution in [1.82, 2.24) is 9.88 Å². The molecule has 0 aromatic carbocycles. The maximum atomic E-state index is 6.22. The Morgan fingerprint density at radius 1 is 1.37 bits per heavy atom. The number of nitrogens with zero attached hydrogens (tertiary/aromatic N) is 2. The average Bonchev–Trinajstić information content (AvgIpc) is 2.43. The fourth-order valence-corrected chi connectivity index (χ4v) is 1.89. The van der Waals surface area contributed by atoms with E-state index < -0.39 is 0 Å². The van der Waals surface area contributed by atoms with Crippen LogP contribution in [0.2, 0.25) is 5.02 Å². The molecule has 0 radical (unpaired) electrons. The molecule has 1 N–H and O–H groups in total. The maximum Gasteiger partial charge on any atom is 0.126 e. The fourth-order valence-electron chi connectivity index (χ4n) is 1.73. The molecule has 0 unspecified atom stereocenters. The highest BCUT2D eigenvalue weighted by molar-refractivity contribution is 6.31. The minimum Gasteiger partial charge on any atom is -0.383 e. The smallest absolute Gasteiger partial charge is 0.126 e. The van der Waals surface area contributed by atoms with Crippen molar-refractivity contribution >= 4 is 17.4 Å². The van der Waals surface area contributed by atoms with Gasteiger partial charge in [0.2, 0.25) is 0 Å². The van der Waals surface area contributed by atoms with E-state index in [1.54, 1.807) is 7.11 Å². The third-order valence-electron chi connectivity index (χ3n) is 2.91. The molecular formula is C14H24ClN3O. The Morgan fingerprint density at radius 2 is 2.16 bits per heavy atom. The van der Waals surface area contributed by atoms with Gasteiger partial charge in [0.05, 0.1) is 17.3 Å². The van der Waals surface area contributed by atoms with Gasteiger partial charge in [0.15, 0.2) is 0 Å². The van der Waals surface area contributed by atoms with E-state index in [1.807, 2.05) is 12.1 Å². The maximum absolute atomic E-state index is 6.22. The van der Waals surface area contributed by atoms with Crippen molar-refractivity contribution in [3.05, 3.63) is 22.8 Å². The van der Waals surface area contributed by atoms with Crippen LogP contribution in [0.15, 0.2) is 12.1 Å². The zero-order valence-corrected chi connectivity index (χ0v) is 12.8. The number of rotatable bonds is 9. The molecule has 0 fully saturated rings. The van der Waals surface area contributed by atoms with Crippen LogP contribution in [-0.4, -0.2) is 43.2 Å². The highest BCUT2D eigenvalue weighted by Gasteiger charge is 2.09. The Labute approximate surface area is 121 Å². The van der Waals surface area contributed by atoms with Crippen molar-refractivity contribution in [2.45, 2.75) is 26.8 Å². The normalized spacial score (nSPS) is 11.0. The summed E-state index contributed by atoms with van der Waals surface area (Å²) in [6.07, 6.45) is 1.08. The highest BCUT2D eigenvalue weighted by Crippen LogP contribution is 2.18. The Hall–Kier alpha value is -0.840. The fraction of sp³-hybridized carbons (Fsp3) is 0.643. The first-order valence-corrected chi connectivity index (χ1v) is 7.19. The molecule has 1 rings (SSSR count). The van der Waals surface area contributed by atoms with Gasteiger partial charge in [-0.1, -0.05) is 25.4 Å². The first-order valence-electron chi connectivity index (χ1n) is 6.81. The molecule has 19 heavy (non-hydrogen) atoms. The van der Waals surface area contributed by atoms with Crippen molar-refractivity contribution in [2.24, 2.45) is 0 Å². The molecule has 1 aromatic heterocycles. The van der Waals surface area contributed by atoms with Crippen molar-refractivity contribution in [3.63, 3.8) is 0 Å². The minimum atomic E-state index is 0.720. The lowest BCUT2D eigenvalue weighted by molar-refractivity contribution is 0.147. The standard InChI is InChI=1S/C14H24ClN3O/c1-4-8-16-14-7-6-12(15)13(17-14)11-18(5-2)9-10-19-3/h6-7H,4-5,8-11H2,1-3H3,(H,16,17). The molecule has 0 aliphatic heterocycles. The van der Waals surface area contributed by atoms with E-state index in [2.05, 4.69) is 29.0 Å². The molecule has 0 amide bonds. The van der Waals surface area contributed by atoms with Gasteiger partial charge in [-0.15, -0.1) is 0 Å². The van der Waals surface area contributed by atoms with Gasteiger partial charge in [-0.05, 0) is 25.1 Å². The number of halogens is 1.